The lowest BCUT2D eigenvalue weighted by atomic mass is 9.99. The molecular weight excluding hydrogens is 350 g/mol. The number of aromatic nitrogens is 4. The van der Waals surface area contributed by atoms with Gasteiger partial charge >= 0.3 is 0 Å². The number of fused-ring (bicyclic) bond motifs is 2. The number of piperidine rings is 1. The van der Waals surface area contributed by atoms with Crippen LogP contribution in [-0.4, -0.2) is 36.7 Å². The molecule has 0 bridgehead atoms. The van der Waals surface area contributed by atoms with E-state index in [0.717, 1.165) is 47.1 Å². The molecule has 1 aliphatic heterocycles. The van der Waals surface area contributed by atoms with Crippen LogP contribution in [-0.2, 0) is 0 Å². The first-order valence-electron chi connectivity index (χ1n) is 9.67. The van der Waals surface area contributed by atoms with E-state index in [1.807, 2.05) is 58.8 Å². The number of aryl methyl sites for hydroxylation is 1. The highest BCUT2D eigenvalue weighted by Crippen LogP contribution is 2.32. The van der Waals surface area contributed by atoms with Gasteiger partial charge in [0.05, 0.1) is 17.8 Å². The van der Waals surface area contributed by atoms with Crippen molar-refractivity contribution in [1.29, 1.82) is 0 Å². The molecule has 28 heavy (non-hydrogen) atoms. The van der Waals surface area contributed by atoms with E-state index in [4.69, 9.17) is 4.98 Å². The number of imidazole rings is 1. The lowest BCUT2D eigenvalue weighted by Crippen LogP contribution is -2.40. The molecule has 1 atom stereocenters. The first-order valence-corrected chi connectivity index (χ1v) is 9.67. The lowest BCUT2D eigenvalue weighted by Gasteiger charge is -2.35. The van der Waals surface area contributed by atoms with E-state index in [0.29, 0.717) is 12.2 Å². The molecule has 5 rings (SSSR count). The SMILES string of the molecule is Cc1cc2cncn2c([C@H]2CCCCN2C(=O)c2nccc3ccccc23)n1. The molecule has 140 valence electrons. The fourth-order valence-corrected chi connectivity index (χ4v) is 4.19. The van der Waals surface area contributed by atoms with Crippen molar-refractivity contribution in [2.45, 2.75) is 32.2 Å². The van der Waals surface area contributed by atoms with Gasteiger partial charge in [-0.3, -0.25) is 14.2 Å². The molecule has 1 fully saturated rings. The molecule has 0 spiro atoms. The zero-order valence-electron chi connectivity index (χ0n) is 15.7. The molecule has 0 radical (unpaired) electrons. The molecule has 6 heteroatoms. The molecule has 1 aromatic carbocycles. The van der Waals surface area contributed by atoms with Crippen molar-refractivity contribution >= 4 is 22.2 Å². The Kier molecular flexibility index (Phi) is 4.04. The van der Waals surface area contributed by atoms with Crippen LogP contribution in [0.4, 0.5) is 0 Å². The zero-order valence-corrected chi connectivity index (χ0v) is 15.7. The molecule has 3 aromatic heterocycles. The Morgan fingerprint density at radius 1 is 1.18 bits per heavy atom. The van der Waals surface area contributed by atoms with E-state index in [2.05, 4.69) is 9.97 Å². The summed E-state index contributed by atoms with van der Waals surface area (Å²) in [6, 6.07) is 11.8. The van der Waals surface area contributed by atoms with Crippen molar-refractivity contribution in [2.75, 3.05) is 6.54 Å². The van der Waals surface area contributed by atoms with E-state index >= 15 is 0 Å². The number of rotatable bonds is 2. The van der Waals surface area contributed by atoms with Crippen LogP contribution in [0.15, 0.2) is 55.1 Å². The summed E-state index contributed by atoms with van der Waals surface area (Å²) in [5.74, 6) is 0.846. The van der Waals surface area contributed by atoms with Gasteiger partial charge in [0.15, 0.2) is 0 Å². The van der Waals surface area contributed by atoms with E-state index in [1.54, 1.807) is 12.5 Å². The number of nitrogens with zero attached hydrogens (tertiary/aromatic N) is 5. The number of hydrogen-bond donors (Lipinski definition) is 0. The lowest BCUT2D eigenvalue weighted by molar-refractivity contribution is 0.0594. The minimum atomic E-state index is -0.0846. The Labute approximate surface area is 162 Å². The third kappa shape index (κ3) is 2.72. The molecule has 0 saturated carbocycles. The van der Waals surface area contributed by atoms with Gasteiger partial charge in [-0.25, -0.2) is 9.97 Å². The molecule has 6 nitrogen and oxygen atoms in total. The van der Waals surface area contributed by atoms with Gasteiger partial charge in [0.1, 0.15) is 17.8 Å². The number of benzene rings is 1. The standard InChI is InChI=1S/C22H21N5O/c1-15-12-17-13-23-14-27(17)21(25-15)19-8-4-5-11-26(19)22(28)20-18-7-3-2-6-16(18)9-10-24-20/h2-3,6-7,9-10,12-14,19H,4-5,8,11H2,1H3/t19-/m1/s1. The topological polar surface area (TPSA) is 63.4 Å². The summed E-state index contributed by atoms with van der Waals surface area (Å²) < 4.78 is 2.00. The quantitative estimate of drug-likeness (QED) is 0.535. The minimum absolute atomic E-state index is 0.0296. The van der Waals surface area contributed by atoms with Gasteiger partial charge < -0.3 is 4.90 Å². The summed E-state index contributed by atoms with van der Waals surface area (Å²) in [4.78, 5) is 29.0. The van der Waals surface area contributed by atoms with Crippen molar-refractivity contribution < 1.29 is 4.79 Å². The van der Waals surface area contributed by atoms with Crippen LogP contribution in [0.3, 0.4) is 0 Å². The van der Waals surface area contributed by atoms with Gasteiger partial charge in [0.25, 0.3) is 5.91 Å². The maximum Gasteiger partial charge on any atom is 0.273 e. The Bertz CT molecular complexity index is 1180. The number of carbonyl (C=O) groups excluding carboxylic acids is 1. The van der Waals surface area contributed by atoms with Crippen LogP contribution >= 0.6 is 0 Å². The van der Waals surface area contributed by atoms with Gasteiger partial charge in [0.2, 0.25) is 0 Å². The number of carbonyl (C=O) groups is 1. The van der Waals surface area contributed by atoms with E-state index < -0.39 is 0 Å². The Balaban J connectivity index is 1.61. The minimum Gasteiger partial charge on any atom is -0.327 e. The Morgan fingerprint density at radius 2 is 2.07 bits per heavy atom. The third-order valence-corrected chi connectivity index (χ3v) is 5.50. The van der Waals surface area contributed by atoms with Gasteiger partial charge in [-0.15, -0.1) is 0 Å². The van der Waals surface area contributed by atoms with Gasteiger partial charge in [-0.05, 0) is 43.7 Å². The van der Waals surface area contributed by atoms with Gasteiger partial charge in [-0.2, -0.15) is 0 Å². The van der Waals surface area contributed by atoms with E-state index in [1.165, 1.54) is 0 Å². The monoisotopic (exact) mass is 371 g/mol. The molecule has 4 heterocycles. The number of hydrogen-bond acceptors (Lipinski definition) is 4. The largest absolute Gasteiger partial charge is 0.327 e. The van der Waals surface area contributed by atoms with E-state index in [-0.39, 0.29) is 11.9 Å². The number of amides is 1. The highest BCUT2D eigenvalue weighted by molar-refractivity contribution is 6.05. The third-order valence-electron chi connectivity index (χ3n) is 5.50. The maximum atomic E-state index is 13.6. The molecule has 4 aromatic rings. The fraction of sp³-hybridized carbons (Fsp3) is 0.273. The Morgan fingerprint density at radius 3 is 3.00 bits per heavy atom. The molecule has 0 aliphatic carbocycles. The van der Waals surface area contributed by atoms with Crippen LogP contribution < -0.4 is 0 Å². The van der Waals surface area contributed by atoms with Crippen molar-refractivity contribution in [3.8, 4) is 0 Å². The average Bonchev–Trinajstić information content (AvgIpc) is 3.20. The molecule has 1 aliphatic rings. The van der Waals surface area contributed by atoms with Crippen molar-refractivity contribution in [3.05, 3.63) is 72.3 Å². The second-order valence-electron chi connectivity index (χ2n) is 7.34. The average molecular weight is 371 g/mol. The predicted molar refractivity (Wildman–Crippen MR) is 107 cm³/mol. The first kappa shape index (κ1) is 16.9. The van der Waals surface area contributed by atoms with Crippen molar-refractivity contribution in [3.63, 3.8) is 0 Å². The summed E-state index contributed by atoms with van der Waals surface area (Å²) in [6.45, 7) is 2.69. The Hall–Kier alpha value is -3.28. The molecule has 0 N–H and O–H groups in total. The number of likely N-dealkylation sites (tertiary alicyclic amines) is 1. The zero-order chi connectivity index (χ0) is 19.1. The van der Waals surface area contributed by atoms with Crippen LogP contribution in [0.1, 0.15) is 47.3 Å². The molecule has 0 unspecified atom stereocenters. The first-order chi connectivity index (χ1) is 13.7. The smallest absolute Gasteiger partial charge is 0.273 e. The van der Waals surface area contributed by atoms with E-state index in [9.17, 15) is 4.79 Å². The highest BCUT2D eigenvalue weighted by atomic mass is 16.2. The summed E-state index contributed by atoms with van der Waals surface area (Å²) >= 11 is 0. The van der Waals surface area contributed by atoms with Gasteiger partial charge in [0, 0.05) is 23.8 Å². The molecule has 1 amide bonds. The second kappa shape index (κ2) is 6.71. The van der Waals surface area contributed by atoms with Crippen LogP contribution in [0, 0.1) is 6.92 Å². The van der Waals surface area contributed by atoms with Crippen molar-refractivity contribution in [2.24, 2.45) is 0 Å². The maximum absolute atomic E-state index is 13.6. The van der Waals surface area contributed by atoms with Gasteiger partial charge in [-0.1, -0.05) is 24.3 Å². The highest BCUT2D eigenvalue weighted by Gasteiger charge is 2.32. The summed E-state index contributed by atoms with van der Waals surface area (Å²) in [6.07, 6.45) is 8.28. The van der Waals surface area contributed by atoms with Crippen molar-refractivity contribution in [1.82, 2.24) is 24.3 Å². The summed E-state index contributed by atoms with van der Waals surface area (Å²) in [7, 11) is 0. The molecule has 1 saturated heterocycles. The summed E-state index contributed by atoms with van der Waals surface area (Å²) in [5.41, 5.74) is 2.45. The van der Waals surface area contributed by atoms with Crippen LogP contribution in [0.25, 0.3) is 16.3 Å². The second-order valence-corrected chi connectivity index (χ2v) is 7.34. The van der Waals surface area contributed by atoms with Crippen LogP contribution in [0.5, 0.6) is 0 Å². The predicted octanol–water partition coefficient (Wildman–Crippen LogP) is 3.95. The normalized spacial score (nSPS) is 17.3. The fourth-order valence-electron chi connectivity index (χ4n) is 4.19. The summed E-state index contributed by atoms with van der Waals surface area (Å²) in [5, 5.41) is 1.92. The molecular formula is C22H21N5O. The number of pyridine rings is 1. The van der Waals surface area contributed by atoms with Crippen LogP contribution in [0.2, 0.25) is 0 Å².